The number of fused-ring (bicyclic) bond motifs is 3. The van der Waals surface area contributed by atoms with E-state index in [0.29, 0.717) is 33.5 Å². The molecule has 0 bridgehead atoms. The van der Waals surface area contributed by atoms with E-state index in [1.807, 2.05) is 24.3 Å². The van der Waals surface area contributed by atoms with Crippen LogP contribution in [0.3, 0.4) is 0 Å². The van der Waals surface area contributed by atoms with Crippen molar-refractivity contribution in [3.8, 4) is 28.6 Å². The molecule has 1 fully saturated rings. The predicted molar refractivity (Wildman–Crippen MR) is 156 cm³/mol. The Hall–Kier alpha value is -4.99. The van der Waals surface area contributed by atoms with E-state index in [2.05, 4.69) is 14.9 Å². The van der Waals surface area contributed by atoms with Gasteiger partial charge in [0, 0.05) is 40.7 Å². The molecule has 5 aromatic rings. The molecule has 3 aromatic carbocycles. The second kappa shape index (κ2) is 10.4. The fraction of sp³-hybridized carbons (Fsp3) is 0.281. The maximum Gasteiger partial charge on any atom is 0.326 e. The first-order valence-corrected chi connectivity index (χ1v) is 14.2. The molecule has 42 heavy (non-hydrogen) atoms. The number of carboxylic acid groups (broad SMARTS) is 1. The maximum absolute atomic E-state index is 13.4. The number of hydrogen-bond donors (Lipinski definition) is 4. The summed E-state index contributed by atoms with van der Waals surface area (Å²) < 4.78 is 13.4. The number of carbonyl (C=O) groups is 2. The van der Waals surface area contributed by atoms with Gasteiger partial charge in [0.25, 0.3) is 5.91 Å². The lowest BCUT2D eigenvalue weighted by molar-refractivity contribution is -0.139. The van der Waals surface area contributed by atoms with Crippen LogP contribution in [0.4, 0.5) is 0 Å². The highest BCUT2D eigenvalue weighted by Gasteiger charge is 2.26. The summed E-state index contributed by atoms with van der Waals surface area (Å²) in [4.78, 5) is 33.6. The van der Waals surface area contributed by atoms with Crippen molar-refractivity contribution in [2.24, 2.45) is 0 Å². The molecule has 2 aromatic heterocycles. The largest absolute Gasteiger partial charge is 0.508 e. The van der Waals surface area contributed by atoms with Crippen molar-refractivity contribution in [1.29, 1.82) is 0 Å². The molecule has 1 amide bonds. The third kappa shape index (κ3) is 4.68. The molecule has 1 saturated carbocycles. The van der Waals surface area contributed by atoms with E-state index in [4.69, 9.17) is 14.5 Å². The van der Waals surface area contributed by atoms with Gasteiger partial charge >= 0.3 is 5.97 Å². The molecule has 0 radical (unpaired) electrons. The van der Waals surface area contributed by atoms with E-state index in [-0.39, 0.29) is 25.0 Å². The number of ether oxygens (including phenoxy) is 2. The first-order valence-electron chi connectivity index (χ1n) is 14.2. The number of aromatic nitrogens is 3. The zero-order chi connectivity index (χ0) is 28.8. The van der Waals surface area contributed by atoms with Crippen molar-refractivity contribution in [2.45, 2.75) is 50.6 Å². The predicted octanol–water partition coefficient (Wildman–Crippen LogP) is 5.55. The summed E-state index contributed by atoms with van der Waals surface area (Å²) in [6, 6.07) is 15.1. The van der Waals surface area contributed by atoms with Crippen LogP contribution in [-0.2, 0) is 11.2 Å². The van der Waals surface area contributed by atoms with Crippen molar-refractivity contribution in [1.82, 2.24) is 19.9 Å². The number of aromatic hydroxyl groups is 1. The molecule has 0 spiro atoms. The Balaban J connectivity index is 1.21. The minimum absolute atomic E-state index is 0.0529. The van der Waals surface area contributed by atoms with Crippen LogP contribution in [0.1, 0.15) is 54.1 Å². The van der Waals surface area contributed by atoms with Crippen LogP contribution >= 0.6 is 0 Å². The highest BCUT2D eigenvalue weighted by Crippen LogP contribution is 2.40. The Morgan fingerprint density at radius 3 is 2.69 bits per heavy atom. The normalized spacial score (nSPS) is 15.7. The van der Waals surface area contributed by atoms with Crippen LogP contribution in [0, 0.1) is 0 Å². The van der Waals surface area contributed by atoms with Crippen molar-refractivity contribution >= 4 is 33.8 Å². The summed E-state index contributed by atoms with van der Waals surface area (Å²) in [5.41, 5.74) is 4.29. The number of nitrogens with zero attached hydrogens (tertiary/aromatic N) is 2. The van der Waals surface area contributed by atoms with Gasteiger partial charge in [0.15, 0.2) is 11.5 Å². The molecule has 1 atom stereocenters. The molecule has 2 aliphatic rings. The van der Waals surface area contributed by atoms with Crippen LogP contribution in [0.15, 0.2) is 60.8 Å². The van der Waals surface area contributed by atoms with Crippen molar-refractivity contribution in [3.05, 3.63) is 71.9 Å². The van der Waals surface area contributed by atoms with Gasteiger partial charge in [0.2, 0.25) is 6.79 Å². The van der Waals surface area contributed by atoms with Crippen LogP contribution in [0.2, 0.25) is 0 Å². The van der Waals surface area contributed by atoms with E-state index in [9.17, 15) is 19.8 Å². The van der Waals surface area contributed by atoms with Gasteiger partial charge in [-0.1, -0.05) is 19.3 Å². The lowest BCUT2D eigenvalue weighted by atomic mass is 9.94. The number of aliphatic carboxylic acids is 1. The standard InChI is InChI=1S/C32H30N4O6/c37-22-8-9-24-23(15-22)20(16-33-24)13-26(32(39)40)35-31(38)19-6-10-27-25(12-19)34-30(36(27)21-4-2-1-3-5-21)18-7-11-28-29(14-18)42-17-41-28/h6-12,14-16,21,26,33,37H,1-5,13,17H2,(H,35,38)(H,39,40)/t26-/m0/s1. The number of phenols is 1. The van der Waals surface area contributed by atoms with E-state index >= 15 is 0 Å². The Labute approximate surface area is 240 Å². The molecule has 4 N–H and O–H groups in total. The smallest absolute Gasteiger partial charge is 0.326 e. The van der Waals surface area contributed by atoms with Crippen LogP contribution < -0.4 is 14.8 Å². The highest BCUT2D eigenvalue weighted by molar-refractivity contribution is 6.00. The number of rotatable bonds is 7. The highest BCUT2D eigenvalue weighted by atomic mass is 16.7. The second-order valence-corrected chi connectivity index (χ2v) is 11.0. The van der Waals surface area contributed by atoms with Gasteiger partial charge in [-0.2, -0.15) is 0 Å². The van der Waals surface area contributed by atoms with Crippen LogP contribution in [0.5, 0.6) is 17.2 Å². The average Bonchev–Trinajstić information content (AvgIpc) is 3.73. The van der Waals surface area contributed by atoms with E-state index in [1.54, 1.807) is 36.5 Å². The Morgan fingerprint density at radius 1 is 1.02 bits per heavy atom. The minimum Gasteiger partial charge on any atom is -0.508 e. The Bertz CT molecular complexity index is 1830. The number of nitrogens with one attached hydrogen (secondary N) is 2. The Kier molecular flexibility index (Phi) is 6.45. The van der Waals surface area contributed by atoms with Gasteiger partial charge in [-0.05, 0) is 73.0 Å². The number of hydrogen-bond acceptors (Lipinski definition) is 6. The molecule has 0 saturated heterocycles. The molecular formula is C32H30N4O6. The van der Waals surface area contributed by atoms with Crippen molar-refractivity contribution in [2.75, 3.05) is 6.79 Å². The first kappa shape index (κ1) is 25.9. The molecule has 1 aliphatic carbocycles. The van der Waals surface area contributed by atoms with E-state index in [0.717, 1.165) is 48.1 Å². The maximum atomic E-state index is 13.4. The third-order valence-electron chi connectivity index (χ3n) is 8.30. The fourth-order valence-electron chi connectivity index (χ4n) is 6.18. The lowest BCUT2D eigenvalue weighted by Crippen LogP contribution is -2.42. The number of carbonyl (C=O) groups excluding carboxylic acids is 1. The summed E-state index contributed by atoms with van der Waals surface area (Å²) in [7, 11) is 0. The summed E-state index contributed by atoms with van der Waals surface area (Å²) in [5, 5.41) is 23.2. The van der Waals surface area contributed by atoms with Gasteiger partial charge in [-0.3, -0.25) is 4.79 Å². The van der Waals surface area contributed by atoms with E-state index in [1.165, 1.54) is 6.42 Å². The van der Waals surface area contributed by atoms with E-state index < -0.39 is 17.9 Å². The first-order chi connectivity index (χ1) is 20.4. The summed E-state index contributed by atoms with van der Waals surface area (Å²) in [6.07, 6.45) is 7.38. The summed E-state index contributed by atoms with van der Waals surface area (Å²) in [6.45, 7) is 0.191. The number of aromatic amines is 1. The molecule has 10 nitrogen and oxygen atoms in total. The van der Waals surface area contributed by atoms with Gasteiger partial charge in [0.05, 0.1) is 11.0 Å². The number of benzene rings is 3. The van der Waals surface area contributed by atoms with Gasteiger partial charge in [-0.15, -0.1) is 0 Å². The third-order valence-corrected chi connectivity index (χ3v) is 8.30. The molecule has 1 aliphatic heterocycles. The zero-order valence-corrected chi connectivity index (χ0v) is 22.8. The Morgan fingerprint density at radius 2 is 1.86 bits per heavy atom. The monoisotopic (exact) mass is 566 g/mol. The zero-order valence-electron chi connectivity index (χ0n) is 22.8. The number of phenolic OH excluding ortho intramolecular Hbond substituents is 1. The summed E-state index contributed by atoms with van der Waals surface area (Å²) in [5.74, 6) is 0.629. The molecule has 10 heteroatoms. The van der Waals surface area contributed by atoms with Crippen molar-refractivity contribution in [3.63, 3.8) is 0 Å². The number of imidazole rings is 1. The molecular weight excluding hydrogens is 536 g/mol. The average molecular weight is 567 g/mol. The molecule has 214 valence electrons. The van der Waals surface area contributed by atoms with Gasteiger partial charge in [0.1, 0.15) is 17.6 Å². The quantitative estimate of drug-likeness (QED) is 0.203. The van der Waals surface area contributed by atoms with Crippen LogP contribution in [0.25, 0.3) is 33.3 Å². The number of H-pyrrole nitrogens is 1. The molecule has 0 unspecified atom stereocenters. The van der Waals surface area contributed by atoms with Gasteiger partial charge in [-0.25, -0.2) is 9.78 Å². The van der Waals surface area contributed by atoms with Gasteiger partial charge < -0.3 is 34.6 Å². The van der Waals surface area contributed by atoms with Crippen LogP contribution in [-0.4, -0.2) is 49.5 Å². The second-order valence-electron chi connectivity index (χ2n) is 11.0. The summed E-state index contributed by atoms with van der Waals surface area (Å²) >= 11 is 0. The fourth-order valence-corrected chi connectivity index (χ4v) is 6.18. The van der Waals surface area contributed by atoms with Crippen molar-refractivity contribution < 1.29 is 29.3 Å². The topological polar surface area (TPSA) is 139 Å². The number of carboxylic acids is 1. The molecule has 7 rings (SSSR count). The number of amides is 1. The SMILES string of the molecule is O=C(N[C@@H](Cc1c[nH]c2ccc(O)cc12)C(=O)O)c1ccc2c(c1)nc(-c1ccc3c(c1)OCO3)n2C1CCCCC1. The lowest BCUT2D eigenvalue weighted by Gasteiger charge is -2.25. The molecule has 3 heterocycles. The minimum atomic E-state index is -1.17.